The Morgan fingerprint density at radius 2 is 2.00 bits per heavy atom. The molecule has 0 saturated carbocycles. The molecular weight excluding hydrogens is 356 g/mol. The van der Waals surface area contributed by atoms with Crippen LogP contribution in [-0.2, 0) is 4.74 Å². The fourth-order valence-corrected chi connectivity index (χ4v) is 3.57. The van der Waals surface area contributed by atoms with Crippen LogP contribution in [0, 0.1) is 0 Å². The summed E-state index contributed by atoms with van der Waals surface area (Å²) in [4.78, 5) is 15.0. The largest absolute Gasteiger partial charge is 0.508 e. The molecule has 0 radical (unpaired) electrons. The summed E-state index contributed by atoms with van der Waals surface area (Å²) in [5, 5.41) is 23.7. The Morgan fingerprint density at radius 3 is 2.64 bits per heavy atom. The number of morpholine rings is 1. The van der Waals surface area contributed by atoms with Crippen molar-refractivity contribution in [2.24, 2.45) is 0 Å². The lowest BCUT2D eigenvalue weighted by Gasteiger charge is -2.30. The Morgan fingerprint density at radius 1 is 1.25 bits per heavy atom. The maximum absolute atomic E-state index is 13.3. The van der Waals surface area contributed by atoms with Crippen LogP contribution < -0.4 is 10.2 Å². The number of anilines is 1. The van der Waals surface area contributed by atoms with Crippen LogP contribution in [-0.4, -0.2) is 42.4 Å². The van der Waals surface area contributed by atoms with E-state index in [-0.39, 0.29) is 35.0 Å². The molecule has 0 aliphatic carbocycles. The number of para-hydroxylation sites is 1. The van der Waals surface area contributed by atoms with Crippen molar-refractivity contribution in [1.82, 2.24) is 5.32 Å². The van der Waals surface area contributed by atoms with Crippen LogP contribution >= 0.6 is 0 Å². The van der Waals surface area contributed by atoms with Crippen LogP contribution in [0.15, 0.2) is 36.4 Å². The summed E-state index contributed by atoms with van der Waals surface area (Å²) in [6.45, 7) is 8.32. The van der Waals surface area contributed by atoms with Gasteiger partial charge in [0.2, 0.25) is 0 Å². The highest BCUT2D eigenvalue weighted by Crippen LogP contribution is 2.35. The molecule has 3 rings (SSSR count). The molecule has 6 nitrogen and oxygen atoms in total. The summed E-state index contributed by atoms with van der Waals surface area (Å²) in [5.74, 6) is -0.512. The van der Waals surface area contributed by atoms with Gasteiger partial charge in [0.05, 0.1) is 18.3 Å². The first-order valence-electron chi connectivity index (χ1n) is 9.73. The maximum atomic E-state index is 13.3. The number of hydrogen-bond acceptors (Lipinski definition) is 5. The van der Waals surface area contributed by atoms with Gasteiger partial charge in [0.15, 0.2) is 0 Å². The number of hydrogen-bond donors (Lipinski definition) is 3. The van der Waals surface area contributed by atoms with Gasteiger partial charge in [0, 0.05) is 37.0 Å². The molecule has 1 aliphatic rings. The molecule has 1 fully saturated rings. The Balaban J connectivity index is 2.01. The zero-order valence-corrected chi connectivity index (χ0v) is 16.6. The van der Waals surface area contributed by atoms with E-state index in [1.807, 2.05) is 45.0 Å². The zero-order chi connectivity index (χ0) is 20.3. The minimum atomic E-state index is -0.307. The molecule has 1 amide bonds. The molecule has 1 atom stereocenters. The van der Waals surface area contributed by atoms with Crippen LogP contribution in [0.2, 0.25) is 0 Å². The Hall–Kier alpha value is -2.57. The quantitative estimate of drug-likeness (QED) is 0.734. The van der Waals surface area contributed by atoms with E-state index in [4.69, 9.17) is 4.74 Å². The second kappa shape index (κ2) is 8.63. The van der Waals surface area contributed by atoms with Crippen molar-refractivity contribution in [3.63, 3.8) is 0 Å². The van der Waals surface area contributed by atoms with Gasteiger partial charge in [-0.25, -0.2) is 0 Å². The van der Waals surface area contributed by atoms with E-state index in [2.05, 4.69) is 5.32 Å². The number of nitrogens with one attached hydrogen (secondary N) is 1. The van der Waals surface area contributed by atoms with Crippen molar-refractivity contribution in [3.05, 3.63) is 53.1 Å². The number of carbonyl (C=O) groups is 1. The molecule has 2 aromatic rings. The molecule has 1 aliphatic heterocycles. The molecule has 0 aromatic heterocycles. The van der Waals surface area contributed by atoms with Gasteiger partial charge in [-0.1, -0.05) is 32.0 Å². The second-order valence-electron chi connectivity index (χ2n) is 7.25. The summed E-state index contributed by atoms with van der Waals surface area (Å²) in [7, 11) is 0. The highest BCUT2D eigenvalue weighted by molar-refractivity contribution is 6.08. The van der Waals surface area contributed by atoms with Gasteiger partial charge >= 0.3 is 0 Å². The lowest BCUT2D eigenvalue weighted by molar-refractivity contribution is 0.0280. The summed E-state index contributed by atoms with van der Waals surface area (Å²) in [6.07, 6.45) is -0.133. The Labute approximate surface area is 165 Å². The molecular formula is C22H28N2O4. The van der Waals surface area contributed by atoms with Crippen LogP contribution in [0.4, 0.5) is 5.69 Å². The highest BCUT2D eigenvalue weighted by Gasteiger charge is 2.26. The normalized spacial score (nSPS) is 16.9. The lowest BCUT2D eigenvalue weighted by atomic mass is 9.98. The molecule has 0 bridgehead atoms. The average Bonchev–Trinajstić information content (AvgIpc) is 2.69. The zero-order valence-electron chi connectivity index (χ0n) is 16.6. The number of aromatic hydroxyl groups is 2. The average molecular weight is 384 g/mol. The van der Waals surface area contributed by atoms with Gasteiger partial charge in [-0.05, 0) is 30.5 Å². The first-order chi connectivity index (χ1) is 13.4. The highest BCUT2D eigenvalue weighted by atomic mass is 16.5. The molecule has 6 heteroatoms. The fraction of sp³-hybridized carbons (Fsp3) is 0.409. The van der Waals surface area contributed by atoms with Crippen molar-refractivity contribution in [3.8, 4) is 11.5 Å². The van der Waals surface area contributed by atoms with Gasteiger partial charge in [-0.3, -0.25) is 4.79 Å². The molecule has 1 saturated heterocycles. The van der Waals surface area contributed by atoms with Gasteiger partial charge in [-0.15, -0.1) is 0 Å². The van der Waals surface area contributed by atoms with E-state index >= 15 is 0 Å². The first kappa shape index (κ1) is 20.2. The van der Waals surface area contributed by atoms with E-state index in [1.165, 1.54) is 6.07 Å². The van der Waals surface area contributed by atoms with Crippen molar-refractivity contribution >= 4 is 11.6 Å². The number of phenolic OH excluding ortho intramolecular Hbond substituents is 2. The van der Waals surface area contributed by atoms with Crippen LogP contribution in [0.1, 0.15) is 54.3 Å². The van der Waals surface area contributed by atoms with Gasteiger partial charge in [0.1, 0.15) is 11.5 Å². The Kier molecular flexibility index (Phi) is 6.21. The van der Waals surface area contributed by atoms with Crippen LogP contribution in [0.5, 0.6) is 11.5 Å². The third-order valence-corrected chi connectivity index (χ3v) is 5.06. The smallest absolute Gasteiger partial charge is 0.262 e. The van der Waals surface area contributed by atoms with Gasteiger partial charge < -0.3 is 25.2 Å². The molecule has 0 spiro atoms. The summed E-state index contributed by atoms with van der Waals surface area (Å²) in [6, 6.07) is 10.5. The third-order valence-electron chi connectivity index (χ3n) is 5.06. The van der Waals surface area contributed by atoms with E-state index in [1.54, 1.807) is 11.0 Å². The predicted octanol–water partition coefficient (Wildman–Crippen LogP) is 3.55. The standard InChI is InChI=1S/C22H28N2O4/c1-4-24(18-8-6-5-7-15(18)21-13-23-9-10-28-21)22(27)17-11-16(14(2)3)19(25)12-20(17)26/h5-8,11-12,14,21,23,25-26H,4,9-10,13H2,1-3H3. The molecule has 1 unspecified atom stereocenters. The van der Waals surface area contributed by atoms with E-state index < -0.39 is 0 Å². The minimum Gasteiger partial charge on any atom is -0.508 e. The number of nitrogens with zero attached hydrogens (tertiary/aromatic N) is 1. The molecule has 2 aromatic carbocycles. The molecule has 150 valence electrons. The fourth-order valence-electron chi connectivity index (χ4n) is 3.57. The molecule has 1 heterocycles. The minimum absolute atomic E-state index is 0.00539. The number of amides is 1. The van der Waals surface area contributed by atoms with Crippen molar-refractivity contribution < 1.29 is 19.7 Å². The van der Waals surface area contributed by atoms with Gasteiger partial charge in [0.25, 0.3) is 5.91 Å². The van der Waals surface area contributed by atoms with Crippen molar-refractivity contribution in [2.75, 3.05) is 31.1 Å². The lowest BCUT2D eigenvalue weighted by Crippen LogP contribution is -2.36. The van der Waals surface area contributed by atoms with Crippen molar-refractivity contribution in [1.29, 1.82) is 0 Å². The SMILES string of the molecule is CCN(C(=O)c1cc(C(C)C)c(O)cc1O)c1ccccc1C1CNCCO1. The summed E-state index contributed by atoms with van der Waals surface area (Å²) < 4.78 is 5.89. The summed E-state index contributed by atoms with van der Waals surface area (Å²) in [5.41, 5.74) is 2.51. The van der Waals surface area contributed by atoms with E-state index in [0.29, 0.717) is 25.3 Å². The molecule has 3 N–H and O–H groups in total. The number of ether oxygens (including phenoxy) is 1. The number of carbonyl (C=O) groups excluding carboxylic acids is 1. The monoisotopic (exact) mass is 384 g/mol. The maximum Gasteiger partial charge on any atom is 0.262 e. The van der Waals surface area contributed by atoms with E-state index in [0.717, 1.165) is 17.8 Å². The number of rotatable bonds is 5. The topological polar surface area (TPSA) is 82.0 Å². The summed E-state index contributed by atoms with van der Waals surface area (Å²) >= 11 is 0. The predicted molar refractivity (Wildman–Crippen MR) is 109 cm³/mol. The molecule has 28 heavy (non-hydrogen) atoms. The van der Waals surface area contributed by atoms with Crippen LogP contribution in [0.25, 0.3) is 0 Å². The second-order valence-corrected chi connectivity index (χ2v) is 7.25. The van der Waals surface area contributed by atoms with Crippen molar-refractivity contribution in [2.45, 2.75) is 32.8 Å². The van der Waals surface area contributed by atoms with Gasteiger partial charge in [-0.2, -0.15) is 0 Å². The number of phenols is 2. The first-order valence-corrected chi connectivity index (χ1v) is 9.73. The third kappa shape index (κ3) is 3.98. The number of benzene rings is 2. The van der Waals surface area contributed by atoms with E-state index in [9.17, 15) is 15.0 Å². The van der Waals surface area contributed by atoms with Crippen LogP contribution in [0.3, 0.4) is 0 Å². The Bertz CT molecular complexity index is 844.